The van der Waals surface area contributed by atoms with Gasteiger partial charge in [0.15, 0.2) is 9.84 Å². The van der Waals surface area contributed by atoms with E-state index in [1.807, 2.05) is 30.3 Å². The molecule has 8 heteroatoms. The van der Waals surface area contributed by atoms with Gasteiger partial charge in [-0.1, -0.05) is 41.9 Å². The fraction of sp³-hybridized carbons (Fsp3) is 0.375. The largest absolute Gasteiger partial charge is 0.382 e. The number of nitrogens with zero attached hydrogens (tertiary/aromatic N) is 2. The molecule has 3 rings (SSSR count). The van der Waals surface area contributed by atoms with Gasteiger partial charge in [0.2, 0.25) is 0 Å². The maximum absolute atomic E-state index is 12.3. The number of hydrogen-bond donors (Lipinski definition) is 1. The van der Waals surface area contributed by atoms with Gasteiger partial charge < -0.3 is 5.32 Å². The Kier molecular flexibility index (Phi) is 4.91. The molecule has 1 aliphatic rings. The second-order valence-corrected chi connectivity index (χ2v) is 8.58. The molecule has 1 unspecified atom stereocenters. The van der Waals surface area contributed by atoms with Gasteiger partial charge in [-0.25, -0.2) is 13.1 Å². The molecule has 1 aromatic heterocycles. The standard InChI is InChI=1S/C16H18ClN3O3S/c17-15-14(18-8-13-6-7-24(22,23)11-13)9-19-20(16(15)21)10-12-4-2-1-3-5-12/h1-5,9,13,18H,6-8,10-11H2. The number of nitrogens with one attached hydrogen (secondary N) is 1. The second-order valence-electron chi connectivity index (χ2n) is 5.97. The number of aromatic nitrogens is 2. The lowest BCUT2D eigenvalue weighted by molar-refractivity contribution is 0.595. The minimum Gasteiger partial charge on any atom is -0.382 e. The summed E-state index contributed by atoms with van der Waals surface area (Å²) in [7, 11) is -2.91. The number of rotatable bonds is 5. The van der Waals surface area contributed by atoms with Gasteiger partial charge in [-0.3, -0.25) is 4.79 Å². The van der Waals surface area contributed by atoms with Crippen molar-refractivity contribution in [3.05, 3.63) is 57.5 Å². The molecule has 1 fully saturated rings. The van der Waals surface area contributed by atoms with Crippen LogP contribution in [0.25, 0.3) is 0 Å². The molecule has 6 nitrogen and oxygen atoms in total. The predicted octanol–water partition coefficient (Wildman–Crippen LogP) is 1.79. The zero-order chi connectivity index (χ0) is 17.2. The molecule has 0 bridgehead atoms. The summed E-state index contributed by atoms with van der Waals surface area (Å²) >= 11 is 6.15. The van der Waals surface area contributed by atoms with Crippen molar-refractivity contribution in [1.29, 1.82) is 0 Å². The summed E-state index contributed by atoms with van der Waals surface area (Å²) in [6.45, 7) is 0.809. The third kappa shape index (κ3) is 3.96. The number of benzene rings is 1. The molecule has 1 aliphatic heterocycles. The Labute approximate surface area is 145 Å². The smallest absolute Gasteiger partial charge is 0.287 e. The number of anilines is 1. The molecule has 0 saturated carbocycles. The fourth-order valence-electron chi connectivity index (χ4n) is 2.74. The van der Waals surface area contributed by atoms with Crippen LogP contribution in [-0.2, 0) is 16.4 Å². The summed E-state index contributed by atoms with van der Waals surface area (Å²) in [6.07, 6.45) is 2.14. The molecule has 2 aromatic rings. The summed E-state index contributed by atoms with van der Waals surface area (Å²) in [6, 6.07) is 9.52. The van der Waals surface area contributed by atoms with Crippen LogP contribution in [0, 0.1) is 5.92 Å². The Hall–Kier alpha value is -1.86. The Morgan fingerprint density at radius 2 is 2.04 bits per heavy atom. The summed E-state index contributed by atoms with van der Waals surface area (Å²) in [5.74, 6) is 0.443. The van der Waals surface area contributed by atoms with Crippen molar-refractivity contribution < 1.29 is 8.42 Å². The van der Waals surface area contributed by atoms with Crippen molar-refractivity contribution in [1.82, 2.24) is 9.78 Å². The van der Waals surface area contributed by atoms with Gasteiger partial charge in [-0.2, -0.15) is 5.10 Å². The topological polar surface area (TPSA) is 81.1 Å². The maximum Gasteiger partial charge on any atom is 0.287 e. The minimum atomic E-state index is -2.91. The summed E-state index contributed by atoms with van der Waals surface area (Å²) in [4.78, 5) is 12.3. The van der Waals surface area contributed by atoms with Gasteiger partial charge in [0.05, 0.1) is 29.9 Å². The third-order valence-corrected chi connectivity index (χ3v) is 6.27. The molecule has 1 saturated heterocycles. The van der Waals surface area contributed by atoms with Crippen molar-refractivity contribution in [2.24, 2.45) is 5.92 Å². The minimum absolute atomic E-state index is 0.0396. The summed E-state index contributed by atoms with van der Waals surface area (Å²) in [5, 5.41) is 7.27. The Morgan fingerprint density at radius 3 is 2.71 bits per heavy atom. The first kappa shape index (κ1) is 17.0. The Balaban J connectivity index is 1.70. The Morgan fingerprint density at radius 1 is 1.29 bits per heavy atom. The van der Waals surface area contributed by atoms with Crippen LogP contribution in [0.1, 0.15) is 12.0 Å². The normalized spacial score (nSPS) is 19.3. The van der Waals surface area contributed by atoms with E-state index in [0.717, 1.165) is 5.56 Å². The van der Waals surface area contributed by atoms with E-state index in [0.29, 0.717) is 25.2 Å². The highest BCUT2D eigenvalue weighted by Gasteiger charge is 2.27. The molecule has 0 radical (unpaired) electrons. The van der Waals surface area contributed by atoms with Crippen LogP contribution < -0.4 is 10.9 Å². The monoisotopic (exact) mass is 367 g/mol. The first-order valence-corrected chi connectivity index (χ1v) is 9.88. The lowest BCUT2D eigenvalue weighted by Gasteiger charge is -2.13. The average Bonchev–Trinajstić information content (AvgIpc) is 2.91. The molecular weight excluding hydrogens is 350 g/mol. The van der Waals surface area contributed by atoms with Crippen molar-refractivity contribution in [2.45, 2.75) is 13.0 Å². The van der Waals surface area contributed by atoms with Crippen LogP contribution in [0.5, 0.6) is 0 Å². The Bertz CT molecular complexity index is 881. The van der Waals surface area contributed by atoms with Crippen LogP contribution >= 0.6 is 11.6 Å². The number of hydrogen-bond acceptors (Lipinski definition) is 5. The molecule has 0 spiro atoms. The second kappa shape index (κ2) is 6.94. The highest BCUT2D eigenvalue weighted by atomic mass is 35.5. The molecule has 24 heavy (non-hydrogen) atoms. The molecular formula is C16H18ClN3O3S. The molecule has 128 valence electrons. The average molecular weight is 368 g/mol. The van der Waals surface area contributed by atoms with E-state index < -0.39 is 9.84 Å². The zero-order valence-corrected chi connectivity index (χ0v) is 14.6. The molecule has 2 heterocycles. The van der Waals surface area contributed by atoms with Gasteiger partial charge in [0, 0.05) is 6.54 Å². The van der Waals surface area contributed by atoms with Crippen LogP contribution in [0.15, 0.2) is 41.3 Å². The first-order chi connectivity index (χ1) is 11.4. The van der Waals surface area contributed by atoms with Crippen molar-refractivity contribution in [3.63, 3.8) is 0 Å². The first-order valence-electron chi connectivity index (χ1n) is 7.68. The van der Waals surface area contributed by atoms with E-state index in [1.165, 1.54) is 10.9 Å². The van der Waals surface area contributed by atoms with Crippen LogP contribution in [0.2, 0.25) is 5.02 Å². The number of halogens is 1. The quantitative estimate of drug-likeness (QED) is 0.871. The molecule has 1 aromatic carbocycles. The molecule has 1 N–H and O–H groups in total. The van der Waals surface area contributed by atoms with Gasteiger partial charge in [0.1, 0.15) is 5.02 Å². The SMILES string of the molecule is O=c1c(Cl)c(NCC2CCS(=O)(=O)C2)cnn1Cc1ccccc1. The molecule has 0 amide bonds. The summed E-state index contributed by atoms with van der Waals surface area (Å²) < 4.78 is 24.3. The van der Waals surface area contributed by atoms with E-state index in [2.05, 4.69) is 10.4 Å². The van der Waals surface area contributed by atoms with E-state index in [1.54, 1.807) is 0 Å². The van der Waals surface area contributed by atoms with E-state index >= 15 is 0 Å². The highest BCUT2D eigenvalue weighted by molar-refractivity contribution is 7.91. The van der Waals surface area contributed by atoms with Crippen molar-refractivity contribution in [2.75, 3.05) is 23.4 Å². The van der Waals surface area contributed by atoms with Gasteiger partial charge in [0.25, 0.3) is 5.56 Å². The lowest BCUT2D eigenvalue weighted by atomic mass is 10.1. The van der Waals surface area contributed by atoms with E-state index in [-0.39, 0.29) is 28.0 Å². The van der Waals surface area contributed by atoms with Gasteiger partial charge >= 0.3 is 0 Å². The highest BCUT2D eigenvalue weighted by Crippen LogP contribution is 2.21. The van der Waals surface area contributed by atoms with Crippen molar-refractivity contribution >= 4 is 27.1 Å². The fourth-order valence-corrected chi connectivity index (χ4v) is 4.82. The zero-order valence-electron chi connectivity index (χ0n) is 13.0. The van der Waals surface area contributed by atoms with E-state index in [4.69, 9.17) is 11.6 Å². The van der Waals surface area contributed by atoms with Gasteiger partial charge in [-0.05, 0) is 17.9 Å². The predicted molar refractivity (Wildman–Crippen MR) is 94.3 cm³/mol. The third-order valence-electron chi connectivity index (χ3n) is 4.07. The van der Waals surface area contributed by atoms with Crippen LogP contribution in [0.4, 0.5) is 5.69 Å². The van der Waals surface area contributed by atoms with Crippen molar-refractivity contribution in [3.8, 4) is 0 Å². The van der Waals surface area contributed by atoms with Gasteiger partial charge in [-0.15, -0.1) is 0 Å². The van der Waals surface area contributed by atoms with E-state index in [9.17, 15) is 13.2 Å². The molecule has 0 aliphatic carbocycles. The number of sulfone groups is 1. The lowest BCUT2D eigenvalue weighted by Crippen LogP contribution is -2.25. The summed E-state index contributed by atoms with van der Waals surface area (Å²) in [5.41, 5.74) is 1.03. The maximum atomic E-state index is 12.3. The molecule has 1 atom stereocenters. The van der Waals surface area contributed by atoms with Crippen LogP contribution in [-0.4, -0.2) is 36.2 Å². The van der Waals surface area contributed by atoms with Crippen LogP contribution in [0.3, 0.4) is 0 Å².